The molecule has 2 aromatic rings. The van der Waals surface area contributed by atoms with Crippen molar-refractivity contribution in [3.63, 3.8) is 0 Å². The zero-order chi connectivity index (χ0) is 13.3. The largest absolute Gasteiger partial charge is 0.381 e. The van der Waals surface area contributed by atoms with E-state index in [0.29, 0.717) is 0 Å². The molecule has 0 fully saturated rings. The average molecular weight is 253 g/mol. The van der Waals surface area contributed by atoms with Crippen LogP contribution in [-0.2, 0) is 18.4 Å². The van der Waals surface area contributed by atoms with Gasteiger partial charge in [0.1, 0.15) is 5.60 Å². The van der Waals surface area contributed by atoms with Crippen LogP contribution in [0.2, 0.25) is 0 Å². The highest BCUT2D eigenvalue weighted by Gasteiger charge is 2.26. The third-order valence-electron chi connectivity index (χ3n) is 4.13. The topological polar surface area (TPSA) is 33.1 Å². The van der Waals surface area contributed by atoms with Gasteiger partial charge >= 0.3 is 0 Å². The predicted octanol–water partition coefficient (Wildman–Crippen LogP) is 3.22. The maximum atomic E-state index is 10.8. The van der Waals surface area contributed by atoms with Crippen LogP contribution in [0.25, 0.3) is 0 Å². The fourth-order valence-corrected chi connectivity index (χ4v) is 2.85. The van der Waals surface area contributed by atoms with E-state index in [4.69, 9.17) is 0 Å². The normalized spacial score (nSPS) is 17.6. The van der Waals surface area contributed by atoms with E-state index in [0.717, 1.165) is 17.5 Å². The van der Waals surface area contributed by atoms with E-state index in [2.05, 4.69) is 23.2 Å². The Morgan fingerprint density at radius 2 is 1.84 bits per heavy atom. The van der Waals surface area contributed by atoms with Gasteiger partial charge in [0.2, 0.25) is 0 Å². The van der Waals surface area contributed by atoms with Crippen molar-refractivity contribution in [2.24, 2.45) is 0 Å². The third kappa shape index (κ3) is 2.28. The molecule has 3 rings (SSSR count). The first-order valence-corrected chi connectivity index (χ1v) is 6.93. The molecule has 0 amide bonds. The van der Waals surface area contributed by atoms with Crippen molar-refractivity contribution in [3.05, 3.63) is 65.0 Å². The Kier molecular flexibility index (Phi) is 3.11. The summed E-state index contributed by atoms with van der Waals surface area (Å²) in [5.41, 5.74) is 3.66. The number of rotatable bonds is 2. The minimum Gasteiger partial charge on any atom is -0.381 e. The highest BCUT2D eigenvalue weighted by molar-refractivity contribution is 5.40. The van der Waals surface area contributed by atoms with Crippen LogP contribution in [0.1, 0.15) is 42.0 Å². The monoisotopic (exact) mass is 253 g/mol. The van der Waals surface area contributed by atoms with Crippen LogP contribution in [-0.4, -0.2) is 10.1 Å². The third-order valence-corrected chi connectivity index (χ3v) is 4.13. The smallest absolute Gasteiger partial charge is 0.113 e. The predicted molar refractivity (Wildman–Crippen MR) is 76.0 cm³/mol. The summed E-state index contributed by atoms with van der Waals surface area (Å²) < 4.78 is 0. The van der Waals surface area contributed by atoms with Crippen LogP contribution in [0.5, 0.6) is 0 Å². The Balaban J connectivity index is 2.02. The Hall–Kier alpha value is -1.67. The van der Waals surface area contributed by atoms with Gasteiger partial charge < -0.3 is 5.11 Å². The number of aryl methyl sites for hydroxylation is 2. The summed E-state index contributed by atoms with van der Waals surface area (Å²) in [5.74, 6) is 0. The summed E-state index contributed by atoms with van der Waals surface area (Å²) in [5, 5.41) is 10.8. The van der Waals surface area contributed by atoms with Crippen molar-refractivity contribution < 1.29 is 5.11 Å². The number of aromatic nitrogens is 1. The number of nitrogens with zero attached hydrogens (tertiary/aromatic N) is 1. The number of hydrogen-bond acceptors (Lipinski definition) is 2. The highest BCUT2D eigenvalue weighted by Crippen LogP contribution is 2.31. The van der Waals surface area contributed by atoms with Gasteiger partial charge in [-0.2, -0.15) is 0 Å². The Morgan fingerprint density at radius 1 is 1.05 bits per heavy atom. The van der Waals surface area contributed by atoms with Crippen LogP contribution in [0.3, 0.4) is 0 Å². The van der Waals surface area contributed by atoms with Crippen molar-refractivity contribution >= 4 is 0 Å². The molecule has 1 unspecified atom stereocenters. The van der Waals surface area contributed by atoms with Crippen LogP contribution < -0.4 is 0 Å². The lowest BCUT2D eigenvalue weighted by Gasteiger charge is -2.26. The highest BCUT2D eigenvalue weighted by atomic mass is 16.3. The number of aliphatic hydroxyl groups is 1. The number of hydrogen-bond donors (Lipinski definition) is 1. The fourth-order valence-electron chi connectivity index (χ4n) is 2.85. The average Bonchev–Trinajstić information content (AvgIpc) is 2.47. The standard InChI is InChI=1S/C17H19NO/c1-17(19,16-7-4-10-18-12-16)15-9-8-13-5-2-3-6-14(13)11-15/h4,7-12,19H,2-3,5-6H2,1H3. The quantitative estimate of drug-likeness (QED) is 0.891. The van der Waals surface area contributed by atoms with E-state index in [1.165, 1.54) is 30.4 Å². The van der Waals surface area contributed by atoms with E-state index in [1.54, 1.807) is 12.4 Å². The van der Waals surface area contributed by atoms with Gasteiger partial charge in [-0.05, 0) is 55.4 Å². The zero-order valence-corrected chi connectivity index (χ0v) is 11.3. The van der Waals surface area contributed by atoms with Crippen LogP contribution in [0.15, 0.2) is 42.7 Å². The van der Waals surface area contributed by atoms with Gasteiger partial charge in [-0.3, -0.25) is 4.98 Å². The van der Waals surface area contributed by atoms with Gasteiger partial charge in [0.25, 0.3) is 0 Å². The van der Waals surface area contributed by atoms with Gasteiger partial charge in [-0.15, -0.1) is 0 Å². The fraction of sp³-hybridized carbons (Fsp3) is 0.353. The zero-order valence-electron chi connectivity index (χ0n) is 11.3. The van der Waals surface area contributed by atoms with Crippen LogP contribution in [0.4, 0.5) is 0 Å². The molecule has 98 valence electrons. The molecule has 0 saturated carbocycles. The molecule has 0 radical (unpaired) electrons. The van der Waals surface area contributed by atoms with E-state index in [1.807, 2.05) is 19.1 Å². The molecule has 0 saturated heterocycles. The second kappa shape index (κ2) is 4.78. The molecule has 1 aromatic heterocycles. The van der Waals surface area contributed by atoms with Gasteiger partial charge in [-0.1, -0.05) is 24.3 Å². The first-order chi connectivity index (χ1) is 9.18. The molecular formula is C17H19NO. The summed E-state index contributed by atoms with van der Waals surface area (Å²) in [6, 6.07) is 10.2. The maximum Gasteiger partial charge on any atom is 0.113 e. The molecule has 1 aliphatic rings. The van der Waals surface area contributed by atoms with Gasteiger partial charge in [0.05, 0.1) is 0 Å². The molecule has 1 N–H and O–H groups in total. The van der Waals surface area contributed by atoms with Crippen molar-refractivity contribution in [2.75, 3.05) is 0 Å². The Labute approximate surface area is 114 Å². The molecule has 2 heteroatoms. The summed E-state index contributed by atoms with van der Waals surface area (Å²) in [7, 11) is 0. The molecule has 0 aliphatic heterocycles. The summed E-state index contributed by atoms with van der Waals surface area (Å²) in [4.78, 5) is 4.10. The Bertz CT molecular complexity index is 575. The van der Waals surface area contributed by atoms with E-state index in [9.17, 15) is 5.11 Å². The van der Waals surface area contributed by atoms with E-state index in [-0.39, 0.29) is 0 Å². The van der Waals surface area contributed by atoms with E-state index >= 15 is 0 Å². The first kappa shape index (κ1) is 12.4. The number of benzene rings is 1. The molecule has 2 nitrogen and oxygen atoms in total. The van der Waals surface area contributed by atoms with Gasteiger partial charge in [-0.25, -0.2) is 0 Å². The lowest BCUT2D eigenvalue weighted by molar-refractivity contribution is 0.102. The van der Waals surface area contributed by atoms with E-state index < -0.39 is 5.60 Å². The number of fused-ring (bicyclic) bond motifs is 1. The second-order valence-electron chi connectivity index (χ2n) is 5.50. The molecule has 1 aliphatic carbocycles. The number of pyridine rings is 1. The first-order valence-electron chi connectivity index (χ1n) is 6.93. The van der Waals surface area contributed by atoms with Crippen LogP contribution >= 0.6 is 0 Å². The molecule has 19 heavy (non-hydrogen) atoms. The van der Waals surface area contributed by atoms with Gasteiger partial charge in [0, 0.05) is 18.0 Å². The SMILES string of the molecule is CC(O)(c1cccnc1)c1ccc2c(c1)CCCC2. The van der Waals surface area contributed by atoms with Crippen molar-refractivity contribution in [2.45, 2.75) is 38.2 Å². The minimum absolute atomic E-state index is 0.839. The van der Waals surface area contributed by atoms with Crippen molar-refractivity contribution in [3.8, 4) is 0 Å². The minimum atomic E-state index is -0.971. The summed E-state index contributed by atoms with van der Waals surface area (Å²) >= 11 is 0. The molecule has 1 aromatic carbocycles. The summed E-state index contributed by atoms with van der Waals surface area (Å²) in [6.45, 7) is 1.84. The Morgan fingerprint density at radius 3 is 2.58 bits per heavy atom. The lowest BCUT2D eigenvalue weighted by Crippen LogP contribution is -2.23. The van der Waals surface area contributed by atoms with Crippen molar-refractivity contribution in [1.82, 2.24) is 4.98 Å². The molecule has 0 spiro atoms. The van der Waals surface area contributed by atoms with Crippen LogP contribution in [0, 0.1) is 0 Å². The lowest BCUT2D eigenvalue weighted by atomic mass is 9.84. The maximum absolute atomic E-state index is 10.8. The van der Waals surface area contributed by atoms with Crippen molar-refractivity contribution in [1.29, 1.82) is 0 Å². The molecule has 1 heterocycles. The second-order valence-corrected chi connectivity index (χ2v) is 5.50. The molecule has 0 bridgehead atoms. The van der Waals surface area contributed by atoms with Gasteiger partial charge in [0.15, 0.2) is 0 Å². The summed E-state index contributed by atoms with van der Waals surface area (Å²) in [6.07, 6.45) is 8.31. The molecule has 1 atom stereocenters. The molecular weight excluding hydrogens is 234 g/mol.